The SMILES string of the molecule is CO[C@H](C)CN(CCCCc1ccc2c(n1)NCCC2)CC[C@H](Nc1ccnc(C(F)(F)F)n1)C(=O)O. The molecule has 0 fully saturated rings. The monoisotopic (exact) mass is 524 g/mol. The Morgan fingerprint density at radius 1 is 1.24 bits per heavy atom. The van der Waals surface area contributed by atoms with Crippen molar-refractivity contribution in [3.8, 4) is 0 Å². The zero-order chi connectivity index (χ0) is 26.8. The molecule has 2 aromatic heterocycles. The van der Waals surface area contributed by atoms with Gasteiger partial charge in [-0.2, -0.15) is 13.2 Å². The van der Waals surface area contributed by atoms with Crippen molar-refractivity contribution in [3.63, 3.8) is 0 Å². The van der Waals surface area contributed by atoms with Gasteiger partial charge in [0.05, 0.1) is 6.10 Å². The van der Waals surface area contributed by atoms with Crippen LogP contribution in [0.2, 0.25) is 0 Å². The number of nitrogens with one attached hydrogen (secondary N) is 2. The quantitative estimate of drug-likeness (QED) is 0.317. The maximum atomic E-state index is 12.9. The second kappa shape index (κ2) is 13.5. The van der Waals surface area contributed by atoms with Crippen molar-refractivity contribution in [2.45, 2.75) is 63.8 Å². The Bertz CT molecular complexity index is 1020. The molecule has 9 nitrogen and oxygen atoms in total. The van der Waals surface area contributed by atoms with Gasteiger partial charge in [-0.25, -0.2) is 19.7 Å². The van der Waals surface area contributed by atoms with Gasteiger partial charge >= 0.3 is 12.1 Å². The van der Waals surface area contributed by atoms with E-state index in [1.54, 1.807) is 7.11 Å². The van der Waals surface area contributed by atoms with Crippen molar-refractivity contribution in [1.29, 1.82) is 0 Å². The van der Waals surface area contributed by atoms with Gasteiger partial charge in [0.15, 0.2) is 0 Å². The van der Waals surface area contributed by atoms with Crippen LogP contribution in [0.4, 0.5) is 24.8 Å². The molecule has 0 unspecified atom stereocenters. The Kier molecular flexibility index (Phi) is 10.4. The molecule has 3 N–H and O–H groups in total. The number of aryl methyl sites for hydroxylation is 2. The van der Waals surface area contributed by atoms with Crippen molar-refractivity contribution in [2.75, 3.05) is 43.9 Å². The first-order chi connectivity index (χ1) is 17.7. The standard InChI is InChI=1S/C25H35F3N6O3/c1-17(37-2)16-34(14-4-3-7-19-9-8-18-6-5-12-29-22(18)31-19)15-11-20(23(35)36)32-21-10-13-30-24(33-21)25(26,27)28/h8-10,13,17,20H,3-7,11-12,14-16H2,1-2H3,(H,29,31)(H,35,36)(H,30,32,33)/t17-,20+/m1/s1. The number of methoxy groups -OCH3 is 1. The second-order valence-electron chi connectivity index (χ2n) is 9.23. The summed E-state index contributed by atoms with van der Waals surface area (Å²) in [5.41, 5.74) is 2.30. The number of ether oxygens (including phenoxy) is 1. The lowest BCUT2D eigenvalue weighted by atomic mass is 10.1. The summed E-state index contributed by atoms with van der Waals surface area (Å²) in [6, 6.07) is 4.34. The van der Waals surface area contributed by atoms with Crippen LogP contribution in [0, 0.1) is 0 Å². The number of aromatic nitrogens is 3. The first kappa shape index (κ1) is 28.6. The third-order valence-electron chi connectivity index (χ3n) is 6.29. The van der Waals surface area contributed by atoms with Crippen LogP contribution >= 0.6 is 0 Å². The number of hydrogen-bond acceptors (Lipinski definition) is 8. The molecule has 0 saturated heterocycles. The fraction of sp³-hybridized carbons (Fsp3) is 0.600. The van der Waals surface area contributed by atoms with E-state index in [0.29, 0.717) is 13.1 Å². The fourth-order valence-electron chi connectivity index (χ4n) is 4.21. The third kappa shape index (κ3) is 9.12. The molecule has 1 aliphatic rings. The number of unbranched alkanes of at least 4 members (excludes halogenated alkanes) is 1. The number of aliphatic carboxylic acids is 1. The summed E-state index contributed by atoms with van der Waals surface area (Å²) in [7, 11) is 1.62. The third-order valence-corrected chi connectivity index (χ3v) is 6.29. The van der Waals surface area contributed by atoms with Crippen LogP contribution in [0.1, 0.15) is 49.7 Å². The molecule has 0 amide bonds. The Labute approximate surface area is 214 Å². The van der Waals surface area contributed by atoms with E-state index in [2.05, 4.69) is 37.6 Å². The molecular formula is C25H35F3N6O3. The lowest BCUT2D eigenvalue weighted by Crippen LogP contribution is -2.38. The van der Waals surface area contributed by atoms with Crippen molar-refractivity contribution in [3.05, 3.63) is 41.5 Å². The van der Waals surface area contributed by atoms with E-state index >= 15 is 0 Å². The Morgan fingerprint density at radius 2 is 2.05 bits per heavy atom. The molecule has 0 radical (unpaired) electrons. The molecule has 0 spiro atoms. The second-order valence-corrected chi connectivity index (χ2v) is 9.23. The summed E-state index contributed by atoms with van der Waals surface area (Å²) in [4.78, 5) is 25.3. The van der Waals surface area contributed by atoms with Crippen LogP contribution in [-0.2, 0) is 28.5 Å². The highest BCUT2D eigenvalue weighted by Crippen LogP contribution is 2.26. The van der Waals surface area contributed by atoms with Crippen molar-refractivity contribution >= 4 is 17.6 Å². The highest BCUT2D eigenvalue weighted by molar-refractivity contribution is 5.76. The van der Waals surface area contributed by atoms with Crippen LogP contribution in [0.25, 0.3) is 0 Å². The number of fused-ring (bicyclic) bond motifs is 1. The molecule has 3 heterocycles. The van der Waals surface area contributed by atoms with Crippen LogP contribution < -0.4 is 10.6 Å². The topological polar surface area (TPSA) is 113 Å². The lowest BCUT2D eigenvalue weighted by molar-refractivity contribution is -0.144. The highest BCUT2D eigenvalue weighted by Gasteiger charge is 2.35. The number of nitrogens with zero attached hydrogens (tertiary/aromatic N) is 4. The molecule has 3 rings (SSSR count). The van der Waals surface area contributed by atoms with Crippen LogP contribution in [-0.4, -0.2) is 76.4 Å². The molecule has 37 heavy (non-hydrogen) atoms. The van der Waals surface area contributed by atoms with Gasteiger partial charge in [0.1, 0.15) is 17.7 Å². The Morgan fingerprint density at radius 3 is 2.78 bits per heavy atom. The van der Waals surface area contributed by atoms with Gasteiger partial charge in [-0.05, 0) is 69.7 Å². The predicted octanol–water partition coefficient (Wildman–Crippen LogP) is 3.86. The molecular weight excluding hydrogens is 489 g/mol. The van der Waals surface area contributed by atoms with E-state index in [1.807, 2.05) is 6.92 Å². The Hall–Kier alpha value is -2.99. The average molecular weight is 525 g/mol. The summed E-state index contributed by atoms with van der Waals surface area (Å²) in [5.74, 6) is -1.68. The van der Waals surface area contributed by atoms with Crippen LogP contribution in [0.15, 0.2) is 24.4 Å². The first-order valence-corrected chi connectivity index (χ1v) is 12.5. The molecule has 0 bridgehead atoms. The summed E-state index contributed by atoms with van der Waals surface area (Å²) in [6.07, 6.45) is 1.18. The molecule has 2 aromatic rings. The van der Waals surface area contributed by atoms with Crippen molar-refractivity contribution < 1.29 is 27.8 Å². The summed E-state index contributed by atoms with van der Waals surface area (Å²) >= 11 is 0. The van der Waals surface area contributed by atoms with Gasteiger partial charge in [0.25, 0.3) is 0 Å². The van der Waals surface area contributed by atoms with Gasteiger partial charge in [0, 0.05) is 38.6 Å². The fourth-order valence-corrected chi connectivity index (χ4v) is 4.21. The van der Waals surface area contributed by atoms with Crippen LogP contribution in [0.5, 0.6) is 0 Å². The first-order valence-electron chi connectivity index (χ1n) is 12.5. The zero-order valence-electron chi connectivity index (χ0n) is 21.2. The van der Waals surface area contributed by atoms with E-state index in [-0.39, 0.29) is 18.3 Å². The van der Waals surface area contributed by atoms with Gasteiger partial charge < -0.3 is 25.4 Å². The summed E-state index contributed by atoms with van der Waals surface area (Å²) < 4.78 is 44.1. The van der Waals surface area contributed by atoms with E-state index in [9.17, 15) is 23.1 Å². The van der Waals surface area contributed by atoms with Gasteiger partial charge in [-0.15, -0.1) is 0 Å². The van der Waals surface area contributed by atoms with E-state index in [4.69, 9.17) is 9.72 Å². The maximum absolute atomic E-state index is 12.9. The number of pyridine rings is 1. The number of halogens is 3. The number of rotatable bonds is 14. The maximum Gasteiger partial charge on any atom is 0.451 e. The van der Waals surface area contributed by atoms with E-state index in [0.717, 1.165) is 62.9 Å². The van der Waals surface area contributed by atoms with Crippen molar-refractivity contribution in [2.24, 2.45) is 0 Å². The molecule has 0 saturated carbocycles. The van der Waals surface area contributed by atoms with E-state index in [1.165, 1.54) is 11.6 Å². The number of anilines is 2. The summed E-state index contributed by atoms with van der Waals surface area (Å²) in [6.45, 7) is 4.65. The summed E-state index contributed by atoms with van der Waals surface area (Å²) in [5, 5.41) is 15.6. The molecule has 0 aliphatic carbocycles. The minimum absolute atomic E-state index is 0.0548. The van der Waals surface area contributed by atoms with Crippen molar-refractivity contribution in [1.82, 2.24) is 19.9 Å². The highest BCUT2D eigenvalue weighted by atomic mass is 19.4. The molecule has 0 aromatic carbocycles. The number of carboxylic acids is 1. The van der Waals surface area contributed by atoms with E-state index < -0.39 is 24.0 Å². The Balaban J connectivity index is 1.53. The minimum atomic E-state index is -4.71. The van der Waals surface area contributed by atoms with Gasteiger partial charge in [-0.3, -0.25) is 0 Å². The van der Waals surface area contributed by atoms with Crippen LogP contribution in [0.3, 0.4) is 0 Å². The van der Waals surface area contributed by atoms with Gasteiger partial charge in [0.2, 0.25) is 5.82 Å². The molecule has 204 valence electrons. The van der Waals surface area contributed by atoms with Gasteiger partial charge in [-0.1, -0.05) is 6.07 Å². The number of carbonyl (C=O) groups is 1. The normalized spacial score (nSPS) is 15.1. The minimum Gasteiger partial charge on any atom is -0.480 e. The smallest absolute Gasteiger partial charge is 0.451 e. The largest absolute Gasteiger partial charge is 0.480 e. The average Bonchev–Trinajstić information content (AvgIpc) is 2.88. The molecule has 1 aliphatic heterocycles. The number of hydrogen-bond donors (Lipinski definition) is 3. The lowest BCUT2D eigenvalue weighted by Gasteiger charge is -2.27. The predicted molar refractivity (Wildman–Crippen MR) is 134 cm³/mol. The number of alkyl halides is 3. The number of carboxylic acid groups (broad SMARTS) is 1. The molecule has 12 heteroatoms. The molecule has 2 atom stereocenters. The zero-order valence-corrected chi connectivity index (χ0v) is 21.2.